The second-order valence-electron chi connectivity index (χ2n) is 10.2. The number of rotatable bonds is 8. The van der Waals surface area contributed by atoms with Crippen LogP contribution in [0.2, 0.25) is 0 Å². The van der Waals surface area contributed by atoms with Crippen LogP contribution in [0.4, 0.5) is 13.2 Å². The molecule has 12 heteroatoms. The van der Waals surface area contributed by atoms with E-state index >= 15 is 0 Å². The Morgan fingerprint density at radius 3 is 2.25 bits per heavy atom. The van der Waals surface area contributed by atoms with Gasteiger partial charge in [0.1, 0.15) is 22.6 Å². The van der Waals surface area contributed by atoms with E-state index in [2.05, 4.69) is 0 Å². The largest absolute Gasteiger partial charge is 0.504 e. The van der Waals surface area contributed by atoms with Crippen LogP contribution in [-0.2, 0) is 14.3 Å². The zero-order chi connectivity index (χ0) is 32.7. The van der Waals surface area contributed by atoms with E-state index in [-0.39, 0.29) is 11.5 Å². The first-order valence-corrected chi connectivity index (χ1v) is 13.3. The number of para-hydroxylation sites is 1. The van der Waals surface area contributed by atoms with Crippen LogP contribution in [0.25, 0.3) is 6.08 Å². The predicted molar refractivity (Wildman–Crippen MR) is 155 cm³/mol. The van der Waals surface area contributed by atoms with Crippen LogP contribution >= 0.6 is 11.6 Å². The Morgan fingerprint density at radius 2 is 1.66 bits per heavy atom. The van der Waals surface area contributed by atoms with Crippen molar-refractivity contribution in [2.45, 2.75) is 26.1 Å². The van der Waals surface area contributed by atoms with Crippen LogP contribution in [0.15, 0.2) is 90.0 Å². The van der Waals surface area contributed by atoms with Crippen LogP contribution in [0.3, 0.4) is 0 Å². The van der Waals surface area contributed by atoms with E-state index < -0.39 is 46.5 Å². The summed E-state index contributed by atoms with van der Waals surface area (Å²) >= 11 is 5.32. The molecule has 230 valence electrons. The van der Waals surface area contributed by atoms with Gasteiger partial charge in [-0.25, -0.2) is 4.79 Å². The summed E-state index contributed by atoms with van der Waals surface area (Å²) in [4.78, 5) is 22.7. The Hall–Kier alpha value is -4.95. The fourth-order valence-corrected chi connectivity index (χ4v) is 4.36. The second-order valence-corrected chi connectivity index (χ2v) is 10.6. The predicted octanol–water partition coefficient (Wildman–Crippen LogP) is 7.74. The van der Waals surface area contributed by atoms with E-state index in [0.29, 0.717) is 22.6 Å². The average molecular weight is 630 g/mol. The molecule has 3 aromatic carbocycles. The molecule has 3 atom stereocenters. The topological polar surface area (TPSA) is 137 Å². The number of nitriles is 1. The molecule has 0 heterocycles. The molecule has 1 aliphatic carbocycles. The number of halogens is 4. The lowest BCUT2D eigenvalue weighted by Gasteiger charge is -2.13. The normalized spacial score (nSPS) is 17.9. The number of carboxylic acids is 1. The molecular weight excluding hydrogens is 603 g/mol. The van der Waals surface area contributed by atoms with E-state index in [9.17, 15) is 28.0 Å². The molecule has 1 fully saturated rings. The minimum atomic E-state index is -4.68. The summed E-state index contributed by atoms with van der Waals surface area (Å²) in [5.41, 5.74) is 0.140. The van der Waals surface area contributed by atoms with Gasteiger partial charge >= 0.3 is 18.1 Å². The maximum absolute atomic E-state index is 12.7. The highest BCUT2D eigenvalue weighted by molar-refractivity contribution is 6.30. The zero-order valence-electron chi connectivity index (χ0n) is 23.3. The van der Waals surface area contributed by atoms with Crippen molar-refractivity contribution in [2.75, 3.05) is 0 Å². The Balaban J connectivity index is 0.000000340. The number of carbonyl (C=O) groups excluding carboxylic acids is 1. The summed E-state index contributed by atoms with van der Waals surface area (Å²) < 4.78 is 49.2. The number of aliphatic carboxylic acids is 1. The number of alkyl halides is 3. The van der Waals surface area contributed by atoms with Crippen molar-refractivity contribution in [3.8, 4) is 29.1 Å². The molecule has 0 radical (unpaired) electrons. The van der Waals surface area contributed by atoms with Gasteiger partial charge in [0, 0.05) is 11.6 Å². The van der Waals surface area contributed by atoms with Crippen molar-refractivity contribution in [3.05, 3.63) is 101 Å². The number of hydrogen-bond acceptors (Lipinski definition) is 7. The highest BCUT2D eigenvalue weighted by atomic mass is 35.5. The van der Waals surface area contributed by atoms with Gasteiger partial charge in [-0.3, -0.25) is 4.79 Å². The van der Waals surface area contributed by atoms with E-state index in [0.717, 1.165) is 12.2 Å². The quantitative estimate of drug-likeness (QED) is 0.131. The number of benzene rings is 3. The van der Waals surface area contributed by atoms with Crippen molar-refractivity contribution in [1.82, 2.24) is 0 Å². The second kappa shape index (κ2) is 14.0. The minimum Gasteiger partial charge on any atom is -0.504 e. The van der Waals surface area contributed by atoms with Gasteiger partial charge in [0.05, 0.1) is 5.92 Å². The molecule has 1 saturated carbocycles. The number of hydrogen-bond donors (Lipinski definition) is 3. The molecule has 0 spiro atoms. The highest BCUT2D eigenvalue weighted by Gasteiger charge is 2.62. The van der Waals surface area contributed by atoms with E-state index in [1.807, 2.05) is 24.3 Å². The molecule has 44 heavy (non-hydrogen) atoms. The smallest absolute Gasteiger partial charge is 0.426 e. The van der Waals surface area contributed by atoms with Gasteiger partial charge in [-0.1, -0.05) is 67.9 Å². The number of allylic oxidation sites excluding steroid dienone is 2. The molecule has 0 aliphatic heterocycles. The summed E-state index contributed by atoms with van der Waals surface area (Å²) in [5.74, 6) is -2.83. The Kier molecular flexibility index (Phi) is 10.7. The molecule has 3 aromatic rings. The Bertz CT molecular complexity index is 1600. The molecule has 8 nitrogen and oxygen atoms in total. The highest BCUT2D eigenvalue weighted by Crippen LogP contribution is 2.60. The third kappa shape index (κ3) is 9.02. The summed E-state index contributed by atoms with van der Waals surface area (Å²) in [5, 5.41) is 34.5. The lowest BCUT2D eigenvalue weighted by Crippen LogP contribution is -2.14. The third-order valence-electron chi connectivity index (χ3n) is 6.67. The Labute approximate surface area is 255 Å². The van der Waals surface area contributed by atoms with Crippen molar-refractivity contribution in [1.29, 1.82) is 5.26 Å². The number of nitrogens with zero attached hydrogens (tertiary/aromatic N) is 1. The van der Waals surface area contributed by atoms with Gasteiger partial charge in [-0.05, 0) is 59.4 Å². The molecule has 3 N–H and O–H groups in total. The lowest BCUT2D eigenvalue weighted by molar-refractivity contribution is -0.149. The summed E-state index contributed by atoms with van der Waals surface area (Å²) in [7, 11) is 0. The molecule has 0 saturated heterocycles. The maximum Gasteiger partial charge on any atom is 0.426 e. The van der Waals surface area contributed by atoms with Crippen molar-refractivity contribution in [3.63, 3.8) is 0 Å². The molecular formula is C32H27ClF3NO7. The fourth-order valence-electron chi connectivity index (χ4n) is 4.23. The first kappa shape index (κ1) is 33.6. The van der Waals surface area contributed by atoms with Gasteiger partial charge < -0.3 is 24.8 Å². The SMILES string of the molecule is CC1(C)[C@H](C(=O)OC(C#N)c2cccc(Oc3ccccc3)c2)[C@@H]1/C=C(\Cl)C(F)(F)F.O=C(O)/C=C/c1ccc(O)c(O)c1. The molecule has 1 aliphatic rings. The van der Waals surface area contributed by atoms with Crippen LogP contribution < -0.4 is 4.74 Å². The molecule has 4 rings (SSSR count). The molecule has 0 aromatic heterocycles. The van der Waals surface area contributed by atoms with Crippen molar-refractivity contribution < 1.29 is 47.6 Å². The number of phenolic OH excluding ortho intramolecular Hbond substituents is 2. The van der Waals surface area contributed by atoms with Crippen LogP contribution in [-0.4, -0.2) is 33.4 Å². The monoisotopic (exact) mass is 629 g/mol. The van der Waals surface area contributed by atoms with Gasteiger partial charge in [0.15, 0.2) is 11.5 Å². The number of carboxylic acid groups (broad SMARTS) is 1. The molecule has 1 unspecified atom stereocenters. The van der Waals surface area contributed by atoms with Gasteiger partial charge in [-0.15, -0.1) is 0 Å². The minimum absolute atomic E-state index is 0.229. The van der Waals surface area contributed by atoms with Gasteiger partial charge in [-0.2, -0.15) is 18.4 Å². The lowest BCUT2D eigenvalue weighted by atomic mass is 10.1. The molecule has 0 amide bonds. The number of aromatic hydroxyl groups is 2. The van der Waals surface area contributed by atoms with Crippen LogP contribution in [0.1, 0.15) is 31.1 Å². The summed E-state index contributed by atoms with van der Waals surface area (Å²) in [6, 6.07) is 21.5. The zero-order valence-corrected chi connectivity index (χ0v) is 24.1. The number of phenols is 2. The summed E-state index contributed by atoms with van der Waals surface area (Å²) in [6.07, 6.45) is -2.80. The maximum atomic E-state index is 12.7. The molecule has 0 bridgehead atoms. The average Bonchev–Trinajstić information content (AvgIpc) is 3.51. The number of esters is 1. The van der Waals surface area contributed by atoms with E-state index in [1.165, 1.54) is 24.3 Å². The first-order valence-electron chi connectivity index (χ1n) is 12.9. The standard InChI is InChI=1S/C23H19ClF3NO3.C9H8O4/c1-22(2)17(12-19(24)23(25,26)27)20(22)21(29)31-18(13-28)14-7-6-10-16(11-14)30-15-8-4-3-5-9-15;10-7-3-1-6(5-8(7)11)2-4-9(12)13/h3-12,17-18,20H,1-2H3;1-5,10-11H,(H,12,13)/b19-12-;4-2+/t17-,18?,20-;/m0./s1. The van der Waals surface area contributed by atoms with E-state index in [4.69, 9.17) is 36.4 Å². The fraction of sp³-hybridized carbons (Fsp3) is 0.219. The van der Waals surface area contributed by atoms with Crippen molar-refractivity contribution >= 4 is 29.6 Å². The van der Waals surface area contributed by atoms with Crippen LogP contribution in [0.5, 0.6) is 23.0 Å². The van der Waals surface area contributed by atoms with E-state index in [1.54, 1.807) is 50.2 Å². The summed E-state index contributed by atoms with van der Waals surface area (Å²) in [6.45, 7) is 3.30. The number of carbonyl (C=O) groups is 2. The van der Waals surface area contributed by atoms with Crippen LogP contribution in [0, 0.1) is 28.6 Å². The van der Waals surface area contributed by atoms with Gasteiger partial charge in [0.25, 0.3) is 0 Å². The first-order chi connectivity index (χ1) is 20.6. The number of ether oxygens (including phenoxy) is 2. The van der Waals surface area contributed by atoms with Gasteiger partial charge in [0.2, 0.25) is 6.10 Å². The van der Waals surface area contributed by atoms with Crippen molar-refractivity contribution in [2.24, 2.45) is 17.3 Å². The Morgan fingerprint density at radius 1 is 1.00 bits per heavy atom. The third-order valence-corrected chi connectivity index (χ3v) is 7.01.